The van der Waals surface area contributed by atoms with E-state index >= 15 is 0 Å². The van der Waals surface area contributed by atoms with Crippen LogP contribution in [0.25, 0.3) is 22.1 Å². The van der Waals surface area contributed by atoms with Gasteiger partial charge in [0.2, 0.25) is 6.79 Å². The van der Waals surface area contributed by atoms with Gasteiger partial charge in [-0.2, -0.15) is 8.42 Å². The Bertz CT molecular complexity index is 1840. The molecule has 0 amide bonds. The van der Waals surface area contributed by atoms with Crippen LogP contribution in [0.4, 0.5) is 5.82 Å². The molecular weight excluding hydrogens is 578 g/mol. The largest absolute Gasteiger partial charge is 0.454 e. The summed E-state index contributed by atoms with van der Waals surface area (Å²) in [7, 11) is -4.00. The number of furan rings is 1. The summed E-state index contributed by atoms with van der Waals surface area (Å²) in [5, 5.41) is 5.12. The third-order valence-corrected chi connectivity index (χ3v) is 8.20. The minimum absolute atomic E-state index is 0.0741. The summed E-state index contributed by atoms with van der Waals surface area (Å²) in [6.45, 7) is 4.13. The first-order valence-corrected chi connectivity index (χ1v) is 15.0. The van der Waals surface area contributed by atoms with Crippen LogP contribution in [0.3, 0.4) is 0 Å². The van der Waals surface area contributed by atoms with Gasteiger partial charge in [-0.25, -0.2) is 9.97 Å². The van der Waals surface area contributed by atoms with Crippen LogP contribution in [0.1, 0.15) is 5.56 Å². The number of thiocarbonyl (C=S) groups is 1. The summed E-state index contributed by atoms with van der Waals surface area (Å²) < 4.78 is 46.1. The zero-order valence-electron chi connectivity index (χ0n) is 22.3. The van der Waals surface area contributed by atoms with Crippen LogP contribution in [0.5, 0.6) is 11.5 Å². The molecule has 0 aliphatic carbocycles. The van der Waals surface area contributed by atoms with Crippen LogP contribution >= 0.6 is 12.2 Å². The number of hydrogen-bond acceptors (Lipinski definition) is 9. The molecule has 5 aromatic rings. The topological polar surface area (TPSA) is 130 Å². The highest BCUT2D eigenvalue weighted by atomic mass is 32.2. The molecule has 2 N–H and O–H groups in total. The first-order valence-electron chi connectivity index (χ1n) is 13.2. The number of ether oxygens (including phenoxy) is 2. The molecule has 1 saturated heterocycles. The monoisotopic (exact) mass is 605 g/mol. The highest BCUT2D eigenvalue weighted by Gasteiger charge is 2.24. The summed E-state index contributed by atoms with van der Waals surface area (Å²) in [6.07, 6.45) is 1.61. The van der Waals surface area contributed by atoms with Crippen molar-refractivity contribution in [1.29, 1.82) is 0 Å². The van der Waals surface area contributed by atoms with Crippen molar-refractivity contribution in [2.24, 2.45) is 0 Å². The van der Waals surface area contributed by atoms with Gasteiger partial charge in [-0.05, 0) is 54.2 Å². The van der Waals surface area contributed by atoms with Crippen LogP contribution in [-0.2, 0) is 16.7 Å². The van der Waals surface area contributed by atoms with Gasteiger partial charge >= 0.3 is 0 Å². The maximum Gasteiger partial charge on any atom is 0.294 e. The summed E-state index contributed by atoms with van der Waals surface area (Å²) >= 11 is 5.64. The Morgan fingerprint density at radius 2 is 1.67 bits per heavy atom. The molecule has 0 spiro atoms. The fourth-order valence-corrected chi connectivity index (χ4v) is 5.55. The minimum atomic E-state index is -4.00. The van der Waals surface area contributed by atoms with Gasteiger partial charge in [0.15, 0.2) is 28.0 Å². The van der Waals surface area contributed by atoms with Crippen molar-refractivity contribution in [1.82, 2.24) is 20.2 Å². The van der Waals surface area contributed by atoms with Crippen LogP contribution < -0.4 is 19.7 Å². The summed E-state index contributed by atoms with van der Waals surface area (Å²) in [4.78, 5) is 13.3. The number of nitrogens with zero attached hydrogens (tertiary/aromatic N) is 4. The predicted molar refractivity (Wildman–Crippen MR) is 161 cm³/mol. The Morgan fingerprint density at radius 3 is 2.43 bits per heavy atom. The fraction of sp³-hybridized carbons (Fsp3) is 0.207. The molecule has 13 heteroatoms. The van der Waals surface area contributed by atoms with Crippen molar-refractivity contribution in [3.05, 3.63) is 84.7 Å². The second-order valence-corrected chi connectivity index (χ2v) is 11.4. The first-order chi connectivity index (χ1) is 20.4. The van der Waals surface area contributed by atoms with E-state index in [2.05, 4.69) is 25.1 Å². The van der Waals surface area contributed by atoms with Gasteiger partial charge in [0.05, 0.1) is 4.90 Å². The highest BCUT2D eigenvalue weighted by Crippen LogP contribution is 2.33. The highest BCUT2D eigenvalue weighted by molar-refractivity contribution is 7.85. The van der Waals surface area contributed by atoms with Gasteiger partial charge in [-0.1, -0.05) is 36.4 Å². The van der Waals surface area contributed by atoms with Crippen molar-refractivity contribution in [2.45, 2.75) is 11.4 Å². The summed E-state index contributed by atoms with van der Waals surface area (Å²) in [5.41, 5.74) is 3.53. The third-order valence-electron chi connectivity index (χ3n) is 6.93. The zero-order chi connectivity index (χ0) is 29.1. The van der Waals surface area contributed by atoms with Crippen LogP contribution in [-0.4, -0.2) is 65.9 Å². The van der Waals surface area contributed by atoms with Crippen LogP contribution in [0.15, 0.2) is 88.4 Å². The van der Waals surface area contributed by atoms with E-state index in [0.717, 1.165) is 76.2 Å². The van der Waals surface area contributed by atoms with E-state index in [1.165, 1.54) is 12.1 Å². The van der Waals surface area contributed by atoms with E-state index in [1.54, 1.807) is 24.5 Å². The molecule has 2 aromatic heterocycles. The Hall–Kier alpha value is -4.46. The van der Waals surface area contributed by atoms with E-state index in [-0.39, 0.29) is 11.7 Å². The van der Waals surface area contributed by atoms with Crippen molar-refractivity contribution in [2.75, 3.05) is 37.9 Å². The smallest absolute Gasteiger partial charge is 0.294 e. The third kappa shape index (κ3) is 5.93. The SMILES string of the molecule is O=S(=O)(O)c1ccccc1.S=C(NCc1ccc2c(c1)OCO2)N1CCN(c2ncnc3c2oc2ccccc23)CC1. The lowest BCUT2D eigenvalue weighted by Gasteiger charge is -2.36. The zero-order valence-corrected chi connectivity index (χ0v) is 24.0. The van der Waals surface area contributed by atoms with E-state index in [0.29, 0.717) is 6.54 Å². The number of nitrogens with one attached hydrogen (secondary N) is 1. The molecule has 2 aliphatic heterocycles. The number of para-hydroxylation sites is 1. The van der Waals surface area contributed by atoms with E-state index in [4.69, 9.17) is 30.7 Å². The van der Waals surface area contributed by atoms with Gasteiger partial charge in [0.25, 0.3) is 10.1 Å². The van der Waals surface area contributed by atoms with Crippen molar-refractivity contribution in [3.63, 3.8) is 0 Å². The Balaban J connectivity index is 0.000000269. The average Bonchev–Trinajstić information content (AvgIpc) is 3.65. The molecule has 4 heterocycles. The number of benzene rings is 3. The molecule has 0 saturated carbocycles. The lowest BCUT2D eigenvalue weighted by Crippen LogP contribution is -2.51. The number of hydrogen-bond donors (Lipinski definition) is 2. The molecule has 7 rings (SSSR count). The van der Waals surface area contributed by atoms with E-state index in [9.17, 15) is 8.42 Å². The molecule has 42 heavy (non-hydrogen) atoms. The predicted octanol–water partition coefficient (Wildman–Crippen LogP) is 4.23. The first kappa shape index (κ1) is 27.7. The van der Waals surface area contributed by atoms with E-state index < -0.39 is 10.1 Å². The maximum absolute atomic E-state index is 10.4. The number of piperazine rings is 1. The standard InChI is InChI=1S/C23H21N5O3S.C6H6O3S/c32-23(24-12-15-5-6-18-19(11-15)30-14-29-18)28-9-7-27(8-10-28)22-21-20(25-13-26-22)16-3-1-2-4-17(16)31-21;7-10(8,9)6-4-2-1-3-5-6/h1-6,11,13H,7-10,12,14H2,(H,24,32);1-5H,(H,7,8,9). The molecule has 0 unspecified atom stereocenters. The lowest BCUT2D eigenvalue weighted by atomic mass is 10.2. The Morgan fingerprint density at radius 1 is 0.929 bits per heavy atom. The molecule has 1 fully saturated rings. The van der Waals surface area contributed by atoms with E-state index in [1.807, 2.05) is 42.5 Å². The second kappa shape index (κ2) is 11.8. The van der Waals surface area contributed by atoms with Crippen molar-refractivity contribution >= 4 is 55.3 Å². The average molecular weight is 606 g/mol. The molecule has 0 radical (unpaired) electrons. The molecule has 2 aliphatic rings. The number of fused-ring (bicyclic) bond motifs is 4. The Labute approximate surface area is 247 Å². The molecule has 0 atom stereocenters. The fourth-order valence-electron chi connectivity index (χ4n) is 4.79. The molecule has 11 nitrogen and oxygen atoms in total. The quantitative estimate of drug-likeness (QED) is 0.225. The van der Waals surface area contributed by atoms with Gasteiger partial charge in [-0.15, -0.1) is 0 Å². The van der Waals surface area contributed by atoms with Gasteiger partial charge in [0.1, 0.15) is 17.4 Å². The Kier molecular flexibility index (Phi) is 7.78. The maximum atomic E-state index is 10.4. The number of aromatic nitrogens is 2. The molecule has 0 bridgehead atoms. The number of anilines is 1. The summed E-state index contributed by atoms with van der Waals surface area (Å²) in [5.74, 6) is 2.41. The van der Waals surface area contributed by atoms with Crippen molar-refractivity contribution in [3.8, 4) is 11.5 Å². The minimum Gasteiger partial charge on any atom is -0.454 e. The summed E-state index contributed by atoms with van der Waals surface area (Å²) in [6, 6.07) is 21.3. The van der Waals surface area contributed by atoms with Crippen molar-refractivity contribution < 1.29 is 26.9 Å². The molecule has 3 aromatic carbocycles. The molecular formula is C29H27N5O6S2. The van der Waals surface area contributed by atoms with Gasteiger partial charge < -0.3 is 29.0 Å². The van der Waals surface area contributed by atoms with Gasteiger partial charge in [0, 0.05) is 38.1 Å². The lowest BCUT2D eigenvalue weighted by molar-refractivity contribution is 0.174. The van der Waals surface area contributed by atoms with Gasteiger partial charge in [-0.3, -0.25) is 4.55 Å². The van der Waals surface area contributed by atoms with Crippen LogP contribution in [0.2, 0.25) is 0 Å². The normalized spacial score (nSPS) is 14.5. The number of rotatable bonds is 4. The molecule has 216 valence electrons. The van der Waals surface area contributed by atoms with Crippen LogP contribution in [0, 0.1) is 0 Å². The second-order valence-electron chi connectivity index (χ2n) is 9.58.